The van der Waals surface area contributed by atoms with E-state index >= 15 is 0 Å². The molecule has 0 amide bonds. The zero-order valence-electron chi connectivity index (χ0n) is 16.1. The van der Waals surface area contributed by atoms with E-state index in [-0.39, 0.29) is 6.04 Å². The standard InChI is InChI=1S/C22H19F3N2O2/c1-13-16-11-19(28-2)20(29-3)12-18(16)27-9-5-8-17(27)21(26-13)14-6-4-7-15(10-14)22(23,24)25/h4-13H,1-3H3/t13-/m0/s1. The largest absolute Gasteiger partial charge is 0.493 e. The monoisotopic (exact) mass is 400 g/mol. The van der Waals surface area contributed by atoms with E-state index in [1.807, 2.05) is 42.0 Å². The molecule has 0 unspecified atom stereocenters. The van der Waals surface area contributed by atoms with Crippen LogP contribution in [0.5, 0.6) is 11.5 Å². The van der Waals surface area contributed by atoms with E-state index in [1.54, 1.807) is 20.3 Å². The lowest BCUT2D eigenvalue weighted by molar-refractivity contribution is -0.137. The van der Waals surface area contributed by atoms with Gasteiger partial charge in [-0.05, 0) is 37.3 Å². The number of halogens is 3. The maximum Gasteiger partial charge on any atom is 0.416 e. The van der Waals surface area contributed by atoms with Gasteiger partial charge in [0.05, 0.1) is 42.9 Å². The zero-order valence-corrected chi connectivity index (χ0v) is 16.1. The van der Waals surface area contributed by atoms with E-state index in [4.69, 9.17) is 14.5 Å². The molecule has 4 rings (SSSR count). The molecule has 0 N–H and O–H groups in total. The number of methoxy groups -OCH3 is 2. The molecule has 150 valence electrons. The Bertz CT molecular complexity index is 1100. The van der Waals surface area contributed by atoms with Crippen molar-refractivity contribution in [3.63, 3.8) is 0 Å². The molecule has 29 heavy (non-hydrogen) atoms. The number of aromatic nitrogens is 1. The summed E-state index contributed by atoms with van der Waals surface area (Å²) in [5.74, 6) is 1.14. The highest BCUT2D eigenvalue weighted by molar-refractivity contribution is 6.12. The number of aliphatic imine (C=N–C) groups is 1. The van der Waals surface area contributed by atoms with E-state index in [0.29, 0.717) is 28.5 Å². The third-order valence-electron chi connectivity index (χ3n) is 5.02. The molecule has 4 nitrogen and oxygen atoms in total. The van der Waals surface area contributed by atoms with Crippen LogP contribution in [0.25, 0.3) is 5.69 Å². The van der Waals surface area contributed by atoms with E-state index < -0.39 is 11.7 Å². The zero-order chi connectivity index (χ0) is 20.8. The topological polar surface area (TPSA) is 35.8 Å². The van der Waals surface area contributed by atoms with Crippen molar-refractivity contribution in [1.29, 1.82) is 0 Å². The molecule has 0 fully saturated rings. The first-order valence-corrected chi connectivity index (χ1v) is 9.03. The number of nitrogens with zero attached hydrogens (tertiary/aromatic N) is 2. The molecule has 0 saturated carbocycles. The van der Waals surface area contributed by atoms with Crippen molar-refractivity contribution in [3.8, 4) is 17.2 Å². The fourth-order valence-electron chi connectivity index (χ4n) is 3.61. The van der Waals surface area contributed by atoms with Crippen molar-refractivity contribution in [3.05, 3.63) is 77.1 Å². The quantitative estimate of drug-likeness (QED) is 0.588. The van der Waals surface area contributed by atoms with Gasteiger partial charge in [-0.1, -0.05) is 12.1 Å². The van der Waals surface area contributed by atoms with Crippen molar-refractivity contribution >= 4 is 5.71 Å². The Hall–Kier alpha value is -3.22. The minimum atomic E-state index is -4.42. The summed E-state index contributed by atoms with van der Waals surface area (Å²) in [6, 6.07) is 12.4. The third kappa shape index (κ3) is 3.26. The molecule has 2 aromatic carbocycles. The second-order valence-corrected chi connectivity index (χ2v) is 6.76. The Morgan fingerprint density at radius 1 is 0.966 bits per heavy atom. The van der Waals surface area contributed by atoms with Gasteiger partial charge in [0.25, 0.3) is 0 Å². The van der Waals surface area contributed by atoms with Gasteiger partial charge in [0.1, 0.15) is 0 Å². The average molecular weight is 400 g/mol. The summed E-state index contributed by atoms with van der Waals surface area (Å²) in [6.07, 6.45) is -2.56. The second-order valence-electron chi connectivity index (χ2n) is 6.76. The highest BCUT2D eigenvalue weighted by atomic mass is 19.4. The van der Waals surface area contributed by atoms with Gasteiger partial charge in [0, 0.05) is 23.4 Å². The van der Waals surface area contributed by atoms with Crippen molar-refractivity contribution in [1.82, 2.24) is 4.57 Å². The molecule has 0 saturated heterocycles. The number of rotatable bonds is 3. The van der Waals surface area contributed by atoms with E-state index in [1.165, 1.54) is 6.07 Å². The van der Waals surface area contributed by atoms with Crippen molar-refractivity contribution in [2.45, 2.75) is 19.1 Å². The highest BCUT2D eigenvalue weighted by Gasteiger charge is 2.31. The lowest BCUT2D eigenvalue weighted by Crippen LogP contribution is -2.11. The molecule has 1 aliphatic heterocycles. The van der Waals surface area contributed by atoms with Gasteiger partial charge < -0.3 is 14.0 Å². The first-order chi connectivity index (χ1) is 13.8. The third-order valence-corrected chi connectivity index (χ3v) is 5.02. The number of alkyl halides is 3. The van der Waals surface area contributed by atoms with Crippen LogP contribution in [0.15, 0.2) is 59.7 Å². The summed E-state index contributed by atoms with van der Waals surface area (Å²) in [5, 5.41) is 0. The molecule has 0 spiro atoms. The average Bonchev–Trinajstić information content (AvgIpc) is 3.15. The first-order valence-electron chi connectivity index (χ1n) is 9.03. The van der Waals surface area contributed by atoms with Crippen LogP contribution in [-0.2, 0) is 6.18 Å². The van der Waals surface area contributed by atoms with Crippen LogP contribution in [0.1, 0.15) is 35.3 Å². The van der Waals surface area contributed by atoms with Gasteiger partial charge in [-0.15, -0.1) is 0 Å². The van der Waals surface area contributed by atoms with Crippen LogP contribution >= 0.6 is 0 Å². The second kappa shape index (κ2) is 6.99. The smallest absolute Gasteiger partial charge is 0.416 e. The lowest BCUT2D eigenvalue weighted by Gasteiger charge is -2.17. The number of ether oxygens (including phenoxy) is 2. The van der Waals surface area contributed by atoms with Gasteiger partial charge in [0.15, 0.2) is 11.5 Å². The number of hydrogen-bond acceptors (Lipinski definition) is 3. The maximum absolute atomic E-state index is 13.2. The van der Waals surface area contributed by atoms with E-state index in [9.17, 15) is 13.2 Å². The van der Waals surface area contributed by atoms with Gasteiger partial charge in [-0.3, -0.25) is 4.99 Å². The van der Waals surface area contributed by atoms with Gasteiger partial charge in [-0.25, -0.2) is 0 Å². The molecule has 3 aromatic rings. The number of benzene rings is 2. The van der Waals surface area contributed by atoms with Crippen LogP contribution in [0.2, 0.25) is 0 Å². The number of fused-ring (bicyclic) bond motifs is 3. The minimum Gasteiger partial charge on any atom is -0.493 e. The Balaban J connectivity index is 1.93. The first kappa shape index (κ1) is 19.1. The molecule has 1 aliphatic rings. The normalized spacial score (nSPS) is 15.8. The van der Waals surface area contributed by atoms with Gasteiger partial charge in [-0.2, -0.15) is 13.2 Å². The fraction of sp³-hybridized carbons (Fsp3) is 0.227. The Kier molecular flexibility index (Phi) is 4.61. The minimum absolute atomic E-state index is 0.297. The summed E-state index contributed by atoms with van der Waals surface area (Å²) in [5.41, 5.74) is 2.67. The van der Waals surface area contributed by atoms with Crippen molar-refractivity contribution in [2.24, 2.45) is 4.99 Å². The van der Waals surface area contributed by atoms with Crippen LogP contribution in [0, 0.1) is 0 Å². The summed E-state index contributed by atoms with van der Waals surface area (Å²) in [6.45, 7) is 1.91. The summed E-state index contributed by atoms with van der Waals surface area (Å²) >= 11 is 0. The Morgan fingerprint density at radius 2 is 1.69 bits per heavy atom. The Labute approximate surface area is 166 Å². The highest BCUT2D eigenvalue weighted by Crippen LogP contribution is 2.39. The molecule has 0 radical (unpaired) electrons. The van der Waals surface area contributed by atoms with Crippen LogP contribution in [-0.4, -0.2) is 24.5 Å². The lowest BCUT2D eigenvalue weighted by atomic mass is 10.0. The molecule has 1 atom stereocenters. The molecule has 0 aliphatic carbocycles. The molecule has 2 heterocycles. The van der Waals surface area contributed by atoms with E-state index in [0.717, 1.165) is 23.4 Å². The van der Waals surface area contributed by atoms with Crippen molar-refractivity contribution in [2.75, 3.05) is 14.2 Å². The van der Waals surface area contributed by atoms with Crippen molar-refractivity contribution < 1.29 is 22.6 Å². The van der Waals surface area contributed by atoms with Crippen LogP contribution < -0.4 is 9.47 Å². The predicted octanol–water partition coefficient (Wildman–Crippen LogP) is 5.43. The SMILES string of the molecule is COc1cc2c(cc1OC)-n1cccc1C(c1cccc(C(F)(F)F)c1)=N[C@H]2C. The summed E-state index contributed by atoms with van der Waals surface area (Å²) < 4.78 is 52.5. The molecular formula is C22H19F3N2O2. The van der Waals surface area contributed by atoms with Crippen LogP contribution in [0.3, 0.4) is 0 Å². The molecular weight excluding hydrogens is 381 g/mol. The fourth-order valence-corrected chi connectivity index (χ4v) is 3.61. The molecule has 0 bridgehead atoms. The summed E-state index contributed by atoms with van der Waals surface area (Å²) in [4.78, 5) is 4.79. The maximum atomic E-state index is 13.2. The predicted molar refractivity (Wildman–Crippen MR) is 104 cm³/mol. The molecule has 7 heteroatoms. The Morgan fingerprint density at radius 3 is 2.38 bits per heavy atom. The summed E-state index contributed by atoms with van der Waals surface area (Å²) in [7, 11) is 3.12. The molecule has 1 aromatic heterocycles. The van der Waals surface area contributed by atoms with Gasteiger partial charge >= 0.3 is 6.18 Å². The number of hydrogen-bond donors (Lipinski definition) is 0. The van der Waals surface area contributed by atoms with Crippen LogP contribution in [0.4, 0.5) is 13.2 Å². The van der Waals surface area contributed by atoms with E-state index in [2.05, 4.69) is 0 Å². The van der Waals surface area contributed by atoms with Gasteiger partial charge in [0.2, 0.25) is 0 Å².